The second kappa shape index (κ2) is 2.22. The highest BCUT2D eigenvalue weighted by molar-refractivity contribution is 5.98. The fraction of sp³-hybridized carbons (Fsp3) is 0.667. The van der Waals surface area contributed by atoms with Crippen LogP contribution >= 0.6 is 0 Å². The average Bonchev–Trinajstić information content (AvgIpc) is 2.34. The van der Waals surface area contributed by atoms with Crippen LogP contribution in [0.1, 0.15) is 19.8 Å². The van der Waals surface area contributed by atoms with Crippen LogP contribution in [0.2, 0.25) is 0 Å². The lowest BCUT2D eigenvalue weighted by Gasteiger charge is -2.17. The molecule has 0 spiro atoms. The number of rotatable bonds is 0. The molecule has 0 saturated heterocycles. The molecule has 0 N–H and O–H groups in total. The quantitative estimate of drug-likeness (QED) is 0.482. The lowest BCUT2D eigenvalue weighted by molar-refractivity contribution is 0.469. The van der Waals surface area contributed by atoms with Crippen LogP contribution in [0, 0.1) is 11.8 Å². The van der Waals surface area contributed by atoms with Crippen molar-refractivity contribution >= 4 is 5.71 Å². The van der Waals surface area contributed by atoms with Crippen molar-refractivity contribution in [2.24, 2.45) is 16.8 Å². The number of hydrogen-bond acceptors (Lipinski definition) is 1. The van der Waals surface area contributed by atoms with Gasteiger partial charge in [0.2, 0.25) is 0 Å². The molecule has 0 aromatic heterocycles. The highest BCUT2D eigenvalue weighted by Crippen LogP contribution is 2.29. The Morgan fingerprint density at radius 1 is 1.60 bits per heavy atom. The molecule has 2 rings (SSSR count). The number of nitrogens with zero attached hydrogens (tertiary/aromatic N) is 1. The largest absolute Gasteiger partial charge is 0.289 e. The van der Waals surface area contributed by atoms with E-state index in [0.29, 0.717) is 0 Å². The lowest BCUT2D eigenvalue weighted by atomic mass is 9.85. The van der Waals surface area contributed by atoms with Crippen LogP contribution in [0.4, 0.5) is 0 Å². The molecule has 10 heavy (non-hydrogen) atoms. The van der Waals surface area contributed by atoms with E-state index in [9.17, 15) is 0 Å². The predicted octanol–water partition coefficient (Wildman–Crippen LogP) is 2.04. The molecule has 1 heteroatoms. The van der Waals surface area contributed by atoms with Crippen molar-refractivity contribution in [3.8, 4) is 0 Å². The third kappa shape index (κ3) is 0.808. The topological polar surface area (TPSA) is 12.4 Å². The van der Waals surface area contributed by atoms with Crippen LogP contribution in [0.25, 0.3) is 0 Å². The predicted molar refractivity (Wildman–Crippen MR) is 43.3 cm³/mol. The SMILES string of the molecule is CC1CN=C2C=CCCC21. The Kier molecular flexibility index (Phi) is 1.37. The Hall–Kier alpha value is -0.590. The van der Waals surface area contributed by atoms with Gasteiger partial charge in [-0.15, -0.1) is 0 Å². The molecular formula is C9H13N. The summed E-state index contributed by atoms with van der Waals surface area (Å²) in [6.45, 7) is 3.37. The maximum atomic E-state index is 4.47. The van der Waals surface area contributed by atoms with E-state index in [1.165, 1.54) is 18.6 Å². The first-order chi connectivity index (χ1) is 4.88. The second-order valence-electron chi connectivity index (χ2n) is 3.33. The molecule has 0 bridgehead atoms. The third-order valence-electron chi connectivity index (χ3n) is 2.56. The zero-order valence-electron chi connectivity index (χ0n) is 6.38. The Balaban J connectivity index is 2.23. The van der Waals surface area contributed by atoms with Gasteiger partial charge in [-0.3, -0.25) is 4.99 Å². The molecule has 54 valence electrons. The van der Waals surface area contributed by atoms with Crippen LogP contribution in [0.3, 0.4) is 0 Å². The third-order valence-corrected chi connectivity index (χ3v) is 2.56. The van der Waals surface area contributed by atoms with E-state index in [1.54, 1.807) is 0 Å². The number of hydrogen-bond donors (Lipinski definition) is 0. The van der Waals surface area contributed by atoms with Crippen LogP contribution < -0.4 is 0 Å². The lowest BCUT2D eigenvalue weighted by Crippen LogP contribution is -2.17. The monoisotopic (exact) mass is 135 g/mol. The summed E-state index contributed by atoms with van der Waals surface area (Å²) in [6, 6.07) is 0. The van der Waals surface area contributed by atoms with E-state index in [2.05, 4.69) is 24.1 Å². The average molecular weight is 135 g/mol. The maximum Gasteiger partial charge on any atom is 0.0424 e. The van der Waals surface area contributed by atoms with E-state index in [0.717, 1.165) is 18.4 Å². The molecule has 0 amide bonds. The van der Waals surface area contributed by atoms with Crippen molar-refractivity contribution in [3.63, 3.8) is 0 Å². The van der Waals surface area contributed by atoms with Crippen LogP contribution in [-0.4, -0.2) is 12.3 Å². The summed E-state index contributed by atoms with van der Waals surface area (Å²) in [5.41, 5.74) is 1.36. The van der Waals surface area contributed by atoms with Gasteiger partial charge in [0.05, 0.1) is 0 Å². The minimum Gasteiger partial charge on any atom is -0.289 e. The fourth-order valence-electron chi connectivity index (χ4n) is 1.87. The zero-order valence-corrected chi connectivity index (χ0v) is 6.38. The van der Waals surface area contributed by atoms with Gasteiger partial charge < -0.3 is 0 Å². The molecule has 1 aliphatic heterocycles. The van der Waals surface area contributed by atoms with Gasteiger partial charge in [-0.05, 0) is 24.8 Å². The Morgan fingerprint density at radius 2 is 2.50 bits per heavy atom. The number of fused-ring (bicyclic) bond motifs is 1. The van der Waals surface area contributed by atoms with Crippen LogP contribution in [0.5, 0.6) is 0 Å². The van der Waals surface area contributed by atoms with Crippen LogP contribution in [0.15, 0.2) is 17.1 Å². The summed E-state index contributed by atoms with van der Waals surface area (Å²) in [6.07, 6.45) is 7.04. The molecular weight excluding hydrogens is 122 g/mol. The van der Waals surface area contributed by atoms with Crippen LogP contribution in [-0.2, 0) is 0 Å². The second-order valence-corrected chi connectivity index (χ2v) is 3.33. The minimum absolute atomic E-state index is 0.796. The standard InChI is InChI=1S/C9H13N/c1-7-6-10-9-5-3-2-4-8(7)9/h3,5,7-8H,2,4,6H2,1H3. The smallest absolute Gasteiger partial charge is 0.0424 e. The van der Waals surface area contributed by atoms with Crippen molar-refractivity contribution < 1.29 is 0 Å². The van der Waals surface area contributed by atoms with Crippen molar-refractivity contribution in [3.05, 3.63) is 12.2 Å². The van der Waals surface area contributed by atoms with Crippen molar-refractivity contribution in [1.82, 2.24) is 0 Å². The van der Waals surface area contributed by atoms with Gasteiger partial charge in [0.15, 0.2) is 0 Å². The molecule has 0 saturated carbocycles. The molecule has 0 aromatic rings. The van der Waals surface area contributed by atoms with E-state index in [1.807, 2.05) is 0 Å². The molecule has 0 aromatic carbocycles. The molecule has 1 nitrogen and oxygen atoms in total. The Bertz CT molecular complexity index is 191. The zero-order chi connectivity index (χ0) is 6.97. The van der Waals surface area contributed by atoms with Gasteiger partial charge in [0.25, 0.3) is 0 Å². The molecule has 2 aliphatic rings. The maximum absolute atomic E-state index is 4.47. The van der Waals surface area contributed by atoms with Gasteiger partial charge in [-0.1, -0.05) is 13.0 Å². The highest BCUT2D eigenvalue weighted by Gasteiger charge is 2.27. The summed E-state index contributed by atoms with van der Waals surface area (Å²) >= 11 is 0. The van der Waals surface area contributed by atoms with E-state index < -0.39 is 0 Å². The summed E-state index contributed by atoms with van der Waals surface area (Å²) in [5.74, 6) is 1.60. The van der Waals surface area contributed by atoms with E-state index in [-0.39, 0.29) is 0 Å². The molecule has 2 atom stereocenters. The van der Waals surface area contributed by atoms with Gasteiger partial charge in [0, 0.05) is 18.2 Å². The highest BCUT2D eigenvalue weighted by atomic mass is 14.8. The number of aliphatic imine (C=N–C) groups is 1. The molecule has 0 radical (unpaired) electrons. The van der Waals surface area contributed by atoms with Crippen molar-refractivity contribution in [2.45, 2.75) is 19.8 Å². The molecule has 0 fully saturated rings. The first-order valence-electron chi connectivity index (χ1n) is 4.09. The first kappa shape index (κ1) is 6.14. The summed E-state index contributed by atoms with van der Waals surface area (Å²) in [5, 5.41) is 0. The Morgan fingerprint density at radius 3 is 3.30 bits per heavy atom. The van der Waals surface area contributed by atoms with Crippen molar-refractivity contribution in [2.75, 3.05) is 6.54 Å². The van der Waals surface area contributed by atoms with Gasteiger partial charge >= 0.3 is 0 Å². The van der Waals surface area contributed by atoms with E-state index in [4.69, 9.17) is 0 Å². The molecule has 2 unspecified atom stereocenters. The molecule has 1 heterocycles. The summed E-state index contributed by atoms with van der Waals surface area (Å²) < 4.78 is 0. The normalized spacial score (nSPS) is 37.5. The van der Waals surface area contributed by atoms with Crippen molar-refractivity contribution in [1.29, 1.82) is 0 Å². The first-order valence-corrected chi connectivity index (χ1v) is 4.09. The minimum atomic E-state index is 0.796. The summed E-state index contributed by atoms with van der Waals surface area (Å²) in [4.78, 5) is 4.47. The van der Waals surface area contributed by atoms with Gasteiger partial charge in [0.1, 0.15) is 0 Å². The fourth-order valence-corrected chi connectivity index (χ4v) is 1.87. The summed E-state index contributed by atoms with van der Waals surface area (Å²) in [7, 11) is 0. The van der Waals surface area contributed by atoms with Gasteiger partial charge in [-0.25, -0.2) is 0 Å². The van der Waals surface area contributed by atoms with Gasteiger partial charge in [-0.2, -0.15) is 0 Å². The number of allylic oxidation sites excluding steroid dienone is 2. The van der Waals surface area contributed by atoms with E-state index >= 15 is 0 Å². The Labute approximate surface area is 61.9 Å². The molecule has 1 aliphatic carbocycles.